The molecule has 21 heavy (non-hydrogen) atoms. The molecule has 1 aromatic carbocycles. The second-order valence-electron chi connectivity index (χ2n) is 5.88. The highest BCUT2D eigenvalue weighted by atomic mass is 16.5. The van der Waals surface area contributed by atoms with Crippen molar-refractivity contribution in [2.75, 3.05) is 6.61 Å². The Labute approximate surface area is 127 Å². The van der Waals surface area contributed by atoms with Crippen molar-refractivity contribution in [3.05, 3.63) is 29.8 Å². The third-order valence-electron chi connectivity index (χ3n) is 4.65. The van der Waals surface area contributed by atoms with E-state index in [2.05, 4.69) is 19.2 Å². The normalized spacial score (nSPS) is 24.8. The number of carbonyl (C=O) groups excluding carboxylic acids is 1. The monoisotopic (exact) mass is 290 g/mol. The van der Waals surface area contributed by atoms with Gasteiger partial charge in [-0.2, -0.15) is 0 Å². The lowest BCUT2D eigenvalue weighted by Crippen LogP contribution is -2.40. The Kier molecular flexibility index (Phi) is 5.62. The van der Waals surface area contributed by atoms with E-state index in [9.17, 15) is 4.79 Å². The molecule has 1 aliphatic rings. The minimum absolute atomic E-state index is 0.0459. The molecule has 2 rings (SSSR count). The molecule has 1 aliphatic carbocycles. The van der Waals surface area contributed by atoms with E-state index in [1.165, 1.54) is 12.8 Å². The fourth-order valence-electron chi connectivity index (χ4n) is 3.23. The second-order valence-corrected chi connectivity index (χ2v) is 5.88. The summed E-state index contributed by atoms with van der Waals surface area (Å²) in [7, 11) is 0. The average molecular weight is 290 g/mol. The van der Waals surface area contributed by atoms with Crippen molar-refractivity contribution in [1.29, 1.82) is 0 Å². The van der Waals surface area contributed by atoms with E-state index >= 15 is 0 Å². The van der Waals surface area contributed by atoms with Crippen LogP contribution in [0.3, 0.4) is 0 Å². The van der Waals surface area contributed by atoms with Crippen molar-refractivity contribution in [1.82, 2.24) is 5.32 Å². The summed E-state index contributed by atoms with van der Waals surface area (Å²) in [4.78, 5) is 12.0. The largest absolute Gasteiger partial charge is 0.483 e. The topological polar surface area (TPSA) is 64.3 Å². The molecule has 3 N–H and O–H groups in total. The lowest BCUT2D eigenvalue weighted by atomic mass is 9.93. The van der Waals surface area contributed by atoms with E-state index in [1.54, 1.807) is 0 Å². The zero-order valence-corrected chi connectivity index (χ0v) is 13.0. The number of hydrogen-bond donors (Lipinski definition) is 2. The molecule has 3 unspecified atom stereocenters. The molecule has 3 atom stereocenters. The van der Waals surface area contributed by atoms with Gasteiger partial charge in [-0.05, 0) is 30.7 Å². The summed E-state index contributed by atoms with van der Waals surface area (Å²) in [5.41, 5.74) is 6.58. The molecule has 4 heteroatoms. The van der Waals surface area contributed by atoms with Crippen LogP contribution in [0, 0.1) is 11.8 Å². The Morgan fingerprint density at radius 3 is 2.81 bits per heavy atom. The van der Waals surface area contributed by atoms with Crippen LogP contribution in [0.5, 0.6) is 5.75 Å². The van der Waals surface area contributed by atoms with Gasteiger partial charge >= 0.3 is 0 Å². The van der Waals surface area contributed by atoms with Crippen LogP contribution in [0.25, 0.3) is 0 Å². The van der Waals surface area contributed by atoms with Crippen molar-refractivity contribution in [2.45, 2.75) is 45.7 Å². The molecule has 0 spiro atoms. The Balaban J connectivity index is 1.83. The van der Waals surface area contributed by atoms with Crippen LogP contribution in [0.4, 0.5) is 0 Å². The van der Waals surface area contributed by atoms with E-state index in [4.69, 9.17) is 10.5 Å². The molecule has 1 saturated carbocycles. The lowest BCUT2D eigenvalue weighted by molar-refractivity contribution is -0.124. The van der Waals surface area contributed by atoms with Crippen LogP contribution in [-0.4, -0.2) is 18.6 Å². The molecule has 0 bridgehead atoms. The SMILES string of the molecule is CCC1CCC(NC(=O)COc2ccccc2CN)C1C. The smallest absolute Gasteiger partial charge is 0.258 e. The summed E-state index contributed by atoms with van der Waals surface area (Å²) in [5.74, 6) is 1.93. The van der Waals surface area contributed by atoms with Gasteiger partial charge in [-0.15, -0.1) is 0 Å². The molecular formula is C17H26N2O2. The number of amides is 1. The quantitative estimate of drug-likeness (QED) is 0.846. The Hall–Kier alpha value is -1.55. The van der Waals surface area contributed by atoms with Gasteiger partial charge in [-0.1, -0.05) is 38.5 Å². The van der Waals surface area contributed by atoms with Gasteiger partial charge in [-0.25, -0.2) is 0 Å². The summed E-state index contributed by atoms with van der Waals surface area (Å²) >= 11 is 0. The fraction of sp³-hybridized carbons (Fsp3) is 0.588. The third kappa shape index (κ3) is 3.97. The summed E-state index contributed by atoms with van der Waals surface area (Å²) in [6.45, 7) is 4.92. The highest BCUT2D eigenvalue weighted by Crippen LogP contribution is 2.33. The Morgan fingerprint density at radius 2 is 2.14 bits per heavy atom. The average Bonchev–Trinajstić information content (AvgIpc) is 2.85. The highest BCUT2D eigenvalue weighted by Gasteiger charge is 2.32. The van der Waals surface area contributed by atoms with Gasteiger partial charge in [0.1, 0.15) is 5.75 Å². The van der Waals surface area contributed by atoms with E-state index in [0.29, 0.717) is 18.2 Å². The first-order valence-electron chi connectivity index (χ1n) is 7.85. The summed E-state index contributed by atoms with van der Waals surface area (Å²) in [5, 5.41) is 3.11. The molecule has 0 radical (unpaired) electrons. The van der Waals surface area contributed by atoms with Crippen LogP contribution >= 0.6 is 0 Å². The molecule has 1 fully saturated rings. The minimum Gasteiger partial charge on any atom is -0.483 e. The van der Waals surface area contributed by atoms with Crippen molar-refractivity contribution in [3.8, 4) is 5.75 Å². The van der Waals surface area contributed by atoms with Crippen LogP contribution in [0.15, 0.2) is 24.3 Å². The number of carbonyl (C=O) groups is 1. The highest BCUT2D eigenvalue weighted by molar-refractivity contribution is 5.78. The number of ether oxygens (including phenoxy) is 1. The first kappa shape index (κ1) is 15.8. The van der Waals surface area contributed by atoms with Crippen molar-refractivity contribution < 1.29 is 9.53 Å². The zero-order valence-electron chi connectivity index (χ0n) is 13.0. The number of nitrogens with two attached hydrogens (primary N) is 1. The molecule has 1 aromatic rings. The van der Waals surface area contributed by atoms with E-state index in [-0.39, 0.29) is 18.6 Å². The van der Waals surface area contributed by atoms with Crippen molar-refractivity contribution >= 4 is 5.91 Å². The third-order valence-corrected chi connectivity index (χ3v) is 4.65. The summed E-state index contributed by atoms with van der Waals surface area (Å²) in [6, 6.07) is 7.85. The van der Waals surface area contributed by atoms with Gasteiger partial charge < -0.3 is 15.8 Å². The number of benzene rings is 1. The van der Waals surface area contributed by atoms with Gasteiger partial charge in [0.25, 0.3) is 5.91 Å². The Bertz CT molecular complexity index is 476. The molecule has 0 heterocycles. The van der Waals surface area contributed by atoms with E-state index in [0.717, 1.165) is 17.9 Å². The number of nitrogens with one attached hydrogen (secondary N) is 1. The van der Waals surface area contributed by atoms with Crippen LogP contribution in [0.2, 0.25) is 0 Å². The molecule has 1 amide bonds. The van der Waals surface area contributed by atoms with Gasteiger partial charge in [-0.3, -0.25) is 4.79 Å². The molecule has 0 aromatic heterocycles. The number of rotatable bonds is 6. The predicted octanol–water partition coefficient (Wildman–Crippen LogP) is 2.46. The van der Waals surface area contributed by atoms with Crippen molar-refractivity contribution in [2.24, 2.45) is 17.6 Å². The molecule has 0 aliphatic heterocycles. The maximum atomic E-state index is 12.0. The van der Waals surface area contributed by atoms with Gasteiger partial charge in [0.05, 0.1) is 0 Å². The van der Waals surface area contributed by atoms with Gasteiger partial charge in [0.15, 0.2) is 6.61 Å². The predicted molar refractivity (Wildman–Crippen MR) is 83.9 cm³/mol. The van der Waals surface area contributed by atoms with Crippen LogP contribution in [-0.2, 0) is 11.3 Å². The van der Waals surface area contributed by atoms with E-state index in [1.807, 2.05) is 24.3 Å². The Morgan fingerprint density at radius 1 is 1.38 bits per heavy atom. The second kappa shape index (κ2) is 7.46. The fourth-order valence-corrected chi connectivity index (χ4v) is 3.23. The lowest BCUT2D eigenvalue weighted by Gasteiger charge is -2.21. The minimum atomic E-state index is -0.0459. The standard InChI is InChI=1S/C17H26N2O2/c1-3-13-8-9-15(12(13)2)19-17(20)11-21-16-7-5-4-6-14(16)10-18/h4-7,12-13,15H,3,8-11,18H2,1-2H3,(H,19,20). The maximum Gasteiger partial charge on any atom is 0.258 e. The first-order chi connectivity index (χ1) is 10.2. The van der Waals surface area contributed by atoms with Gasteiger partial charge in [0.2, 0.25) is 0 Å². The number of para-hydroxylation sites is 1. The zero-order chi connectivity index (χ0) is 15.2. The number of hydrogen-bond acceptors (Lipinski definition) is 3. The molecular weight excluding hydrogens is 264 g/mol. The van der Waals surface area contributed by atoms with Crippen LogP contribution in [0.1, 0.15) is 38.7 Å². The molecule has 0 saturated heterocycles. The molecule has 116 valence electrons. The maximum absolute atomic E-state index is 12.0. The van der Waals surface area contributed by atoms with Gasteiger partial charge in [0, 0.05) is 18.2 Å². The molecule has 4 nitrogen and oxygen atoms in total. The first-order valence-corrected chi connectivity index (χ1v) is 7.85. The van der Waals surface area contributed by atoms with E-state index < -0.39 is 0 Å². The van der Waals surface area contributed by atoms with Crippen LogP contribution < -0.4 is 15.8 Å². The van der Waals surface area contributed by atoms with Crippen molar-refractivity contribution in [3.63, 3.8) is 0 Å². The summed E-state index contributed by atoms with van der Waals surface area (Å²) < 4.78 is 5.60. The summed E-state index contributed by atoms with van der Waals surface area (Å²) in [6.07, 6.45) is 3.47.